The smallest absolute Gasteiger partial charge is 0.214 e. The van der Waals surface area contributed by atoms with Gasteiger partial charge in [0.05, 0.1) is 12.4 Å². The predicted molar refractivity (Wildman–Crippen MR) is 91.0 cm³/mol. The van der Waals surface area contributed by atoms with Crippen LogP contribution in [0.15, 0.2) is 24.3 Å². The van der Waals surface area contributed by atoms with Gasteiger partial charge in [0, 0.05) is 32.7 Å². The zero-order valence-electron chi connectivity index (χ0n) is 13.5. The van der Waals surface area contributed by atoms with Crippen LogP contribution in [0, 0.1) is 0 Å². The molecule has 0 saturated carbocycles. The van der Waals surface area contributed by atoms with Crippen LogP contribution in [0.1, 0.15) is 29.9 Å². The largest absolute Gasteiger partial charge is 0.395 e. The lowest BCUT2D eigenvalue weighted by Gasteiger charge is -2.33. The molecule has 1 aliphatic carbocycles. The molecule has 1 heterocycles. The number of hydrogen-bond donors (Lipinski definition) is 1. The number of aliphatic hydroxyl groups is 1. The van der Waals surface area contributed by atoms with Gasteiger partial charge in [-0.05, 0) is 36.3 Å². The van der Waals surface area contributed by atoms with E-state index < -0.39 is 10.0 Å². The molecule has 0 aromatic heterocycles. The van der Waals surface area contributed by atoms with E-state index in [1.807, 2.05) is 6.07 Å². The maximum atomic E-state index is 12.6. The second-order valence-corrected chi connectivity index (χ2v) is 8.59. The van der Waals surface area contributed by atoms with E-state index in [0.29, 0.717) is 38.6 Å². The fourth-order valence-electron chi connectivity index (χ4n) is 3.74. The van der Waals surface area contributed by atoms with E-state index in [0.717, 1.165) is 19.3 Å². The van der Waals surface area contributed by atoms with Crippen LogP contribution in [0.25, 0.3) is 0 Å². The third kappa shape index (κ3) is 3.94. The standard InChI is InChI=1S/C17H26N2O3S/c20-13-12-18-8-10-19(11-9-18)23(21,22)14-7-16-6-5-15-3-1-2-4-17(15)16/h1-4,16,20H,5-14H2. The van der Waals surface area contributed by atoms with Crippen molar-refractivity contribution in [3.63, 3.8) is 0 Å². The Morgan fingerprint density at radius 1 is 1.13 bits per heavy atom. The van der Waals surface area contributed by atoms with Gasteiger partial charge in [0.2, 0.25) is 10.0 Å². The summed E-state index contributed by atoms with van der Waals surface area (Å²) in [6, 6.07) is 8.41. The average Bonchev–Trinajstić information content (AvgIpc) is 2.97. The molecule has 5 nitrogen and oxygen atoms in total. The quantitative estimate of drug-likeness (QED) is 0.842. The van der Waals surface area contributed by atoms with E-state index >= 15 is 0 Å². The third-order valence-electron chi connectivity index (χ3n) is 5.12. The van der Waals surface area contributed by atoms with Gasteiger partial charge >= 0.3 is 0 Å². The minimum absolute atomic E-state index is 0.133. The number of aryl methyl sites for hydroxylation is 1. The highest BCUT2D eigenvalue weighted by Crippen LogP contribution is 2.35. The number of rotatable bonds is 6. The van der Waals surface area contributed by atoms with Gasteiger partial charge in [-0.25, -0.2) is 8.42 Å². The number of β-amino-alcohol motifs (C(OH)–C–C–N with tert-alkyl or cyclic N) is 1. The molecule has 1 N–H and O–H groups in total. The molecule has 2 aliphatic rings. The number of fused-ring (bicyclic) bond motifs is 1. The van der Waals surface area contributed by atoms with Crippen molar-refractivity contribution in [3.05, 3.63) is 35.4 Å². The summed E-state index contributed by atoms with van der Waals surface area (Å²) in [6.07, 6.45) is 2.86. The highest BCUT2D eigenvalue weighted by Gasteiger charge is 2.29. The van der Waals surface area contributed by atoms with E-state index in [2.05, 4.69) is 23.1 Å². The Balaban J connectivity index is 1.54. The van der Waals surface area contributed by atoms with Crippen molar-refractivity contribution >= 4 is 10.0 Å². The Morgan fingerprint density at radius 2 is 1.87 bits per heavy atom. The zero-order chi connectivity index (χ0) is 16.3. The van der Waals surface area contributed by atoms with Crippen LogP contribution < -0.4 is 0 Å². The summed E-state index contributed by atoms with van der Waals surface area (Å²) in [6.45, 7) is 3.28. The Kier molecular flexibility index (Phi) is 5.36. The molecule has 0 radical (unpaired) electrons. The molecule has 128 valence electrons. The number of sulfonamides is 1. The first kappa shape index (κ1) is 16.9. The molecule has 0 spiro atoms. The first-order valence-corrected chi connectivity index (χ1v) is 10.1. The molecule has 1 atom stereocenters. The summed E-state index contributed by atoms with van der Waals surface area (Å²) in [7, 11) is -3.17. The topological polar surface area (TPSA) is 60.9 Å². The van der Waals surface area contributed by atoms with Crippen LogP contribution in [0.3, 0.4) is 0 Å². The van der Waals surface area contributed by atoms with Gasteiger partial charge in [-0.2, -0.15) is 4.31 Å². The Morgan fingerprint density at radius 3 is 2.61 bits per heavy atom. The zero-order valence-corrected chi connectivity index (χ0v) is 14.3. The summed E-state index contributed by atoms with van der Waals surface area (Å²) >= 11 is 0. The second kappa shape index (κ2) is 7.30. The number of nitrogens with zero attached hydrogens (tertiary/aromatic N) is 2. The molecule has 1 aromatic rings. The second-order valence-electron chi connectivity index (χ2n) is 6.50. The lowest BCUT2D eigenvalue weighted by atomic mass is 9.99. The van der Waals surface area contributed by atoms with Gasteiger partial charge in [0.25, 0.3) is 0 Å². The number of benzene rings is 1. The van der Waals surface area contributed by atoms with Crippen molar-refractivity contribution < 1.29 is 13.5 Å². The monoisotopic (exact) mass is 338 g/mol. The molecule has 1 aromatic carbocycles. The van der Waals surface area contributed by atoms with Crippen LogP contribution in [0.2, 0.25) is 0 Å². The van der Waals surface area contributed by atoms with Crippen molar-refractivity contribution in [2.75, 3.05) is 45.1 Å². The summed E-state index contributed by atoms with van der Waals surface area (Å²) < 4.78 is 26.8. The van der Waals surface area contributed by atoms with Gasteiger partial charge in [-0.1, -0.05) is 24.3 Å². The maximum Gasteiger partial charge on any atom is 0.214 e. The molecular formula is C17H26N2O3S. The Bertz CT molecular complexity index is 624. The van der Waals surface area contributed by atoms with Gasteiger partial charge in [-0.15, -0.1) is 0 Å². The molecule has 1 saturated heterocycles. The minimum Gasteiger partial charge on any atom is -0.395 e. The highest BCUT2D eigenvalue weighted by molar-refractivity contribution is 7.89. The molecular weight excluding hydrogens is 312 g/mol. The number of piperazine rings is 1. The van der Waals surface area contributed by atoms with E-state index in [-0.39, 0.29) is 12.4 Å². The summed E-state index contributed by atoms with van der Waals surface area (Å²) in [5.74, 6) is 0.628. The van der Waals surface area contributed by atoms with Crippen LogP contribution in [0.4, 0.5) is 0 Å². The molecule has 0 amide bonds. The first-order chi connectivity index (χ1) is 11.1. The number of aliphatic hydroxyl groups excluding tert-OH is 1. The SMILES string of the molecule is O=S(=O)(CCC1CCc2ccccc21)N1CCN(CCO)CC1. The molecule has 23 heavy (non-hydrogen) atoms. The summed E-state index contributed by atoms with van der Waals surface area (Å²) in [4.78, 5) is 2.11. The van der Waals surface area contributed by atoms with Crippen molar-refractivity contribution in [1.29, 1.82) is 0 Å². The van der Waals surface area contributed by atoms with E-state index in [9.17, 15) is 8.42 Å². The summed E-state index contributed by atoms with van der Waals surface area (Å²) in [5, 5.41) is 8.96. The van der Waals surface area contributed by atoms with Gasteiger partial charge in [0.1, 0.15) is 0 Å². The highest BCUT2D eigenvalue weighted by atomic mass is 32.2. The van der Waals surface area contributed by atoms with Gasteiger partial charge in [0.15, 0.2) is 0 Å². The lowest BCUT2D eigenvalue weighted by Crippen LogP contribution is -2.49. The molecule has 0 bridgehead atoms. The molecule has 1 fully saturated rings. The number of hydrogen-bond acceptors (Lipinski definition) is 4. The minimum atomic E-state index is -3.17. The lowest BCUT2D eigenvalue weighted by molar-refractivity contribution is 0.151. The molecule has 1 aliphatic heterocycles. The molecule has 3 rings (SSSR count). The van der Waals surface area contributed by atoms with Crippen LogP contribution in [-0.2, 0) is 16.4 Å². The summed E-state index contributed by atoms with van der Waals surface area (Å²) in [5.41, 5.74) is 2.72. The third-order valence-corrected chi connectivity index (χ3v) is 7.03. The Labute approximate surface area is 139 Å². The molecule has 1 unspecified atom stereocenters. The fourth-order valence-corrected chi connectivity index (χ4v) is 5.30. The average molecular weight is 338 g/mol. The van der Waals surface area contributed by atoms with Crippen LogP contribution >= 0.6 is 0 Å². The normalized spacial score (nSPS) is 23.1. The predicted octanol–water partition coefficient (Wildman–Crippen LogP) is 1.05. The van der Waals surface area contributed by atoms with Crippen LogP contribution in [-0.4, -0.2) is 67.8 Å². The van der Waals surface area contributed by atoms with Crippen molar-refractivity contribution in [2.24, 2.45) is 0 Å². The van der Waals surface area contributed by atoms with Crippen molar-refractivity contribution in [3.8, 4) is 0 Å². The van der Waals surface area contributed by atoms with Crippen LogP contribution in [0.5, 0.6) is 0 Å². The van der Waals surface area contributed by atoms with Gasteiger partial charge in [-0.3, -0.25) is 4.90 Å². The van der Waals surface area contributed by atoms with E-state index in [1.165, 1.54) is 11.1 Å². The Hall–Kier alpha value is -0.950. The van der Waals surface area contributed by atoms with Gasteiger partial charge < -0.3 is 5.11 Å². The van der Waals surface area contributed by atoms with E-state index in [1.54, 1.807) is 4.31 Å². The van der Waals surface area contributed by atoms with Crippen molar-refractivity contribution in [2.45, 2.75) is 25.2 Å². The van der Waals surface area contributed by atoms with E-state index in [4.69, 9.17) is 5.11 Å². The van der Waals surface area contributed by atoms with Crippen molar-refractivity contribution in [1.82, 2.24) is 9.21 Å². The fraction of sp³-hybridized carbons (Fsp3) is 0.647. The maximum absolute atomic E-state index is 12.6. The first-order valence-electron chi connectivity index (χ1n) is 8.49. The molecule has 6 heteroatoms.